The Labute approximate surface area is 91.7 Å². The highest BCUT2D eigenvalue weighted by molar-refractivity contribution is 5.95. The molecule has 3 heteroatoms. The Hall–Kier alpha value is -0.830. The molecule has 0 atom stereocenters. The van der Waals surface area contributed by atoms with Gasteiger partial charge in [0, 0.05) is 12.0 Å². The van der Waals surface area contributed by atoms with Crippen LogP contribution in [0.4, 0.5) is 0 Å². The molecule has 0 unspecified atom stereocenters. The SMILES string of the molecule is NCCCCCCC(=O)C1=COCCC1. The van der Waals surface area contributed by atoms with Crippen LogP contribution in [0.25, 0.3) is 0 Å². The fourth-order valence-electron chi connectivity index (χ4n) is 1.71. The van der Waals surface area contributed by atoms with Gasteiger partial charge in [0.05, 0.1) is 12.9 Å². The Morgan fingerprint density at radius 2 is 2.13 bits per heavy atom. The first kappa shape index (κ1) is 12.2. The highest BCUT2D eigenvalue weighted by Gasteiger charge is 2.12. The van der Waals surface area contributed by atoms with Gasteiger partial charge >= 0.3 is 0 Å². The molecular weight excluding hydrogens is 190 g/mol. The number of hydrogen-bond acceptors (Lipinski definition) is 3. The molecule has 0 amide bonds. The molecule has 1 rings (SSSR count). The molecule has 86 valence electrons. The van der Waals surface area contributed by atoms with Gasteiger partial charge in [-0.25, -0.2) is 0 Å². The lowest BCUT2D eigenvalue weighted by atomic mass is 10.0. The van der Waals surface area contributed by atoms with Crippen molar-refractivity contribution in [2.24, 2.45) is 5.73 Å². The molecular formula is C12H21NO2. The number of ether oxygens (including phenoxy) is 1. The Balaban J connectivity index is 2.10. The van der Waals surface area contributed by atoms with Crippen LogP contribution in [0.15, 0.2) is 11.8 Å². The number of hydrogen-bond donors (Lipinski definition) is 1. The third kappa shape index (κ3) is 4.98. The van der Waals surface area contributed by atoms with E-state index in [0.29, 0.717) is 6.42 Å². The quantitative estimate of drug-likeness (QED) is 0.656. The summed E-state index contributed by atoms with van der Waals surface area (Å²) in [5.41, 5.74) is 6.27. The van der Waals surface area contributed by atoms with Crippen molar-refractivity contribution in [1.29, 1.82) is 0 Å². The van der Waals surface area contributed by atoms with Gasteiger partial charge in [-0.1, -0.05) is 12.8 Å². The number of nitrogens with two attached hydrogens (primary N) is 1. The highest BCUT2D eigenvalue weighted by atomic mass is 16.5. The average molecular weight is 211 g/mol. The van der Waals surface area contributed by atoms with Gasteiger partial charge in [-0.3, -0.25) is 4.79 Å². The van der Waals surface area contributed by atoms with Crippen molar-refractivity contribution in [2.75, 3.05) is 13.2 Å². The Morgan fingerprint density at radius 1 is 1.33 bits per heavy atom. The second-order valence-corrected chi connectivity index (χ2v) is 3.99. The normalized spacial score (nSPS) is 15.7. The van der Waals surface area contributed by atoms with Crippen molar-refractivity contribution in [1.82, 2.24) is 0 Å². The topological polar surface area (TPSA) is 52.3 Å². The summed E-state index contributed by atoms with van der Waals surface area (Å²) < 4.78 is 5.15. The van der Waals surface area contributed by atoms with E-state index in [4.69, 9.17) is 10.5 Å². The smallest absolute Gasteiger partial charge is 0.161 e. The number of carbonyl (C=O) groups is 1. The molecule has 3 nitrogen and oxygen atoms in total. The first-order valence-corrected chi connectivity index (χ1v) is 5.88. The van der Waals surface area contributed by atoms with E-state index in [1.807, 2.05) is 0 Å². The van der Waals surface area contributed by atoms with Crippen molar-refractivity contribution in [3.05, 3.63) is 11.8 Å². The van der Waals surface area contributed by atoms with E-state index in [9.17, 15) is 4.79 Å². The van der Waals surface area contributed by atoms with E-state index < -0.39 is 0 Å². The largest absolute Gasteiger partial charge is 0.501 e. The molecule has 15 heavy (non-hydrogen) atoms. The van der Waals surface area contributed by atoms with E-state index in [1.165, 1.54) is 0 Å². The summed E-state index contributed by atoms with van der Waals surface area (Å²) in [6.45, 7) is 1.51. The van der Waals surface area contributed by atoms with Crippen LogP contribution in [0.5, 0.6) is 0 Å². The van der Waals surface area contributed by atoms with Gasteiger partial charge in [0.1, 0.15) is 0 Å². The number of Topliss-reactive ketones (excluding diaryl/α,β-unsaturated/α-hetero) is 1. The first-order valence-electron chi connectivity index (χ1n) is 5.88. The van der Waals surface area contributed by atoms with Crippen molar-refractivity contribution in [2.45, 2.75) is 44.9 Å². The third-order valence-electron chi connectivity index (χ3n) is 2.65. The molecule has 2 N–H and O–H groups in total. The van der Waals surface area contributed by atoms with Gasteiger partial charge in [0.2, 0.25) is 0 Å². The van der Waals surface area contributed by atoms with E-state index >= 15 is 0 Å². The number of unbranched alkanes of at least 4 members (excludes halogenated alkanes) is 3. The summed E-state index contributed by atoms with van der Waals surface area (Å²) in [5, 5.41) is 0. The Kier molecular flexibility index (Phi) is 6.09. The molecule has 1 aliphatic rings. The summed E-state index contributed by atoms with van der Waals surface area (Å²) in [7, 11) is 0. The van der Waals surface area contributed by atoms with Crippen LogP contribution in [0.3, 0.4) is 0 Å². The molecule has 0 aromatic rings. The van der Waals surface area contributed by atoms with Crippen LogP contribution < -0.4 is 5.73 Å². The molecule has 0 spiro atoms. The summed E-state index contributed by atoms with van der Waals surface area (Å²) in [5.74, 6) is 0.266. The second-order valence-electron chi connectivity index (χ2n) is 3.99. The van der Waals surface area contributed by atoms with Crippen molar-refractivity contribution in [3.63, 3.8) is 0 Å². The maximum absolute atomic E-state index is 11.7. The van der Waals surface area contributed by atoms with Crippen LogP contribution in [0.2, 0.25) is 0 Å². The lowest BCUT2D eigenvalue weighted by Gasteiger charge is -2.12. The Morgan fingerprint density at radius 3 is 2.80 bits per heavy atom. The minimum atomic E-state index is 0.266. The maximum Gasteiger partial charge on any atom is 0.161 e. The molecule has 0 aromatic carbocycles. The first-order chi connectivity index (χ1) is 7.34. The predicted molar refractivity (Wildman–Crippen MR) is 60.4 cm³/mol. The van der Waals surface area contributed by atoms with E-state index in [-0.39, 0.29) is 5.78 Å². The molecule has 0 saturated heterocycles. The summed E-state index contributed by atoms with van der Waals surface area (Å²) >= 11 is 0. The van der Waals surface area contributed by atoms with Gasteiger partial charge in [0.25, 0.3) is 0 Å². The van der Waals surface area contributed by atoms with E-state index in [0.717, 1.165) is 57.2 Å². The van der Waals surface area contributed by atoms with Gasteiger partial charge in [-0.05, 0) is 32.2 Å². The molecule has 0 radical (unpaired) electrons. The number of ketones is 1. The molecule has 0 saturated carbocycles. The zero-order valence-corrected chi connectivity index (χ0v) is 9.34. The van der Waals surface area contributed by atoms with Crippen LogP contribution in [-0.4, -0.2) is 18.9 Å². The minimum absolute atomic E-state index is 0.266. The summed E-state index contributed by atoms with van der Waals surface area (Å²) in [6.07, 6.45) is 8.48. The minimum Gasteiger partial charge on any atom is -0.501 e. The van der Waals surface area contributed by atoms with Gasteiger partial charge < -0.3 is 10.5 Å². The molecule has 0 fully saturated rings. The zero-order chi connectivity index (χ0) is 10.9. The van der Waals surface area contributed by atoms with Gasteiger partial charge in [-0.15, -0.1) is 0 Å². The molecule has 0 bridgehead atoms. The lowest BCUT2D eigenvalue weighted by molar-refractivity contribution is -0.116. The summed E-state index contributed by atoms with van der Waals surface area (Å²) in [6, 6.07) is 0. The van der Waals surface area contributed by atoms with Crippen LogP contribution in [0, 0.1) is 0 Å². The van der Waals surface area contributed by atoms with Gasteiger partial charge in [0.15, 0.2) is 5.78 Å². The monoisotopic (exact) mass is 211 g/mol. The van der Waals surface area contributed by atoms with Crippen molar-refractivity contribution in [3.8, 4) is 0 Å². The highest BCUT2D eigenvalue weighted by Crippen LogP contribution is 2.16. The zero-order valence-electron chi connectivity index (χ0n) is 9.34. The Bertz CT molecular complexity index is 224. The van der Waals surface area contributed by atoms with Crippen LogP contribution >= 0.6 is 0 Å². The lowest BCUT2D eigenvalue weighted by Crippen LogP contribution is -2.08. The maximum atomic E-state index is 11.7. The van der Waals surface area contributed by atoms with E-state index in [1.54, 1.807) is 6.26 Å². The van der Waals surface area contributed by atoms with Crippen LogP contribution in [0.1, 0.15) is 44.9 Å². The van der Waals surface area contributed by atoms with Gasteiger partial charge in [-0.2, -0.15) is 0 Å². The number of carbonyl (C=O) groups excluding carboxylic acids is 1. The summed E-state index contributed by atoms with van der Waals surface area (Å²) in [4.78, 5) is 11.7. The third-order valence-corrected chi connectivity index (χ3v) is 2.65. The fourth-order valence-corrected chi connectivity index (χ4v) is 1.71. The van der Waals surface area contributed by atoms with Crippen LogP contribution in [-0.2, 0) is 9.53 Å². The molecule has 0 aliphatic carbocycles. The molecule has 0 aromatic heterocycles. The standard InChI is InChI=1S/C12H21NO2/c13-8-4-2-1-3-7-12(14)11-6-5-9-15-10-11/h10H,1-9,13H2. The average Bonchev–Trinajstić information content (AvgIpc) is 2.30. The fraction of sp³-hybridized carbons (Fsp3) is 0.750. The second kappa shape index (κ2) is 7.46. The number of rotatable bonds is 7. The molecule has 1 heterocycles. The van der Waals surface area contributed by atoms with Crippen molar-refractivity contribution < 1.29 is 9.53 Å². The molecule has 1 aliphatic heterocycles. The van der Waals surface area contributed by atoms with Crippen molar-refractivity contribution >= 4 is 5.78 Å². The van der Waals surface area contributed by atoms with E-state index in [2.05, 4.69) is 0 Å². The predicted octanol–water partition coefficient (Wildman–Crippen LogP) is 2.16. The number of allylic oxidation sites excluding steroid dienone is 1.